The van der Waals surface area contributed by atoms with E-state index in [1.807, 2.05) is 23.7 Å². The molecule has 2 fully saturated rings. The van der Waals surface area contributed by atoms with Gasteiger partial charge < -0.3 is 18.6 Å². The maximum atomic E-state index is 6.19. The quantitative estimate of drug-likeness (QED) is 0.797. The zero-order chi connectivity index (χ0) is 17.9. The van der Waals surface area contributed by atoms with Crippen molar-refractivity contribution in [3.63, 3.8) is 0 Å². The average molecular weight is 341 g/mol. The first-order valence-electron chi connectivity index (χ1n) is 8.70. The van der Waals surface area contributed by atoms with E-state index in [4.69, 9.17) is 14.0 Å². The minimum atomic E-state index is -0.537. The van der Waals surface area contributed by atoms with Crippen LogP contribution in [-0.4, -0.2) is 39.7 Å². The maximum absolute atomic E-state index is 6.19. The van der Waals surface area contributed by atoms with Crippen molar-refractivity contribution in [2.45, 2.75) is 50.9 Å². The summed E-state index contributed by atoms with van der Waals surface area (Å²) in [5, 5.41) is 8.30. The van der Waals surface area contributed by atoms with E-state index in [9.17, 15) is 0 Å². The summed E-state index contributed by atoms with van der Waals surface area (Å²) in [5.41, 5.74) is 0.796. The maximum Gasteiger partial charge on any atom is 0.494 e. The molecule has 0 N–H and O–H groups in total. The predicted molar refractivity (Wildman–Crippen MR) is 94.5 cm³/mol. The first kappa shape index (κ1) is 16.8. The lowest BCUT2D eigenvalue weighted by Gasteiger charge is -2.41. The second kappa shape index (κ2) is 5.40. The molecule has 3 heterocycles. The highest BCUT2D eigenvalue weighted by Gasteiger charge is 2.52. The summed E-state index contributed by atoms with van der Waals surface area (Å²) in [7, 11) is 1.55. The second-order valence-corrected chi connectivity index (χ2v) is 7.90. The molecule has 0 amide bonds. The fourth-order valence-electron chi connectivity index (χ4n) is 3.40. The molecule has 0 bridgehead atoms. The largest absolute Gasteiger partial charge is 0.494 e. The van der Waals surface area contributed by atoms with Gasteiger partial charge in [-0.25, -0.2) is 0 Å². The van der Waals surface area contributed by atoms with E-state index >= 15 is 0 Å². The summed E-state index contributed by atoms with van der Waals surface area (Å²) < 4.78 is 20.3. The molecule has 0 radical (unpaired) electrons. The summed E-state index contributed by atoms with van der Waals surface area (Å²) in [6.45, 7) is 8.97. The van der Waals surface area contributed by atoms with Gasteiger partial charge in [-0.15, -0.1) is 10.2 Å². The summed E-state index contributed by atoms with van der Waals surface area (Å²) in [6.07, 6.45) is 2.59. The zero-order valence-corrected chi connectivity index (χ0v) is 15.4. The van der Waals surface area contributed by atoms with Gasteiger partial charge in [-0.2, -0.15) is 0 Å². The van der Waals surface area contributed by atoms with Crippen LogP contribution >= 0.6 is 0 Å². The second-order valence-electron chi connectivity index (χ2n) is 7.90. The normalized spacial score (nSPS) is 27.3. The van der Waals surface area contributed by atoms with E-state index in [0.717, 1.165) is 23.3 Å². The van der Waals surface area contributed by atoms with Crippen LogP contribution in [0, 0.1) is 0 Å². The Morgan fingerprint density at radius 3 is 2.32 bits per heavy atom. The predicted octanol–water partition coefficient (Wildman–Crippen LogP) is 1.78. The van der Waals surface area contributed by atoms with E-state index in [0.29, 0.717) is 6.61 Å². The molecule has 1 atom stereocenters. The molecule has 2 aliphatic rings. The van der Waals surface area contributed by atoms with Gasteiger partial charge in [-0.1, -0.05) is 24.3 Å². The number of aryl methyl sites for hydroxylation is 1. The van der Waals surface area contributed by atoms with Crippen molar-refractivity contribution in [2.24, 2.45) is 7.05 Å². The van der Waals surface area contributed by atoms with Crippen LogP contribution < -0.4 is 5.46 Å². The Bertz CT molecular complexity index is 782. The lowest BCUT2D eigenvalue weighted by molar-refractivity contribution is -0.130. The van der Waals surface area contributed by atoms with E-state index in [-0.39, 0.29) is 18.3 Å². The van der Waals surface area contributed by atoms with Crippen molar-refractivity contribution in [3.05, 3.63) is 42.0 Å². The average Bonchev–Trinajstić information content (AvgIpc) is 3.00. The SMILES string of the molecule is Cn1cnnc1C1(c2cccc(B3OC(C)(C)C(C)(C)O3)c2)CCO1. The number of ether oxygens (including phenoxy) is 1. The zero-order valence-electron chi connectivity index (χ0n) is 15.4. The highest BCUT2D eigenvalue weighted by atomic mass is 16.7. The standard InChI is InChI=1S/C18H24BN3O3/c1-16(2)17(3,4)25-19(24-16)14-8-6-7-13(11-14)18(9-10-23-18)15-21-20-12-22(15)5/h6-8,11-12H,9-10H2,1-5H3. The molecule has 0 aliphatic carbocycles. The van der Waals surface area contributed by atoms with Crippen molar-refractivity contribution in [1.82, 2.24) is 14.8 Å². The van der Waals surface area contributed by atoms with Gasteiger partial charge in [0.25, 0.3) is 0 Å². The van der Waals surface area contributed by atoms with Gasteiger partial charge in [-0.05, 0) is 38.7 Å². The highest BCUT2D eigenvalue weighted by Crippen LogP contribution is 2.42. The Morgan fingerprint density at radius 1 is 1.12 bits per heavy atom. The van der Waals surface area contributed by atoms with Gasteiger partial charge in [0, 0.05) is 13.5 Å². The summed E-state index contributed by atoms with van der Waals surface area (Å²) in [4.78, 5) is 0. The van der Waals surface area contributed by atoms with Crippen LogP contribution in [-0.2, 0) is 26.7 Å². The van der Waals surface area contributed by atoms with Gasteiger partial charge in [0.1, 0.15) is 6.33 Å². The Kier molecular flexibility index (Phi) is 3.62. The Hall–Kier alpha value is -1.70. The number of hydrogen-bond acceptors (Lipinski definition) is 5. The number of hydrogen-bond donors (Lipinski definition) is 0. The first-order chi connectivity index (χ1) is 11.8. The Balaban J connectivity index is 1.70. The summed E-state index contributed by atoms with van der Waals surface area (Å²) in [5.74, 6) is 0.824. The smallest absolute Gasteiger partial charge is 0.399 e. The van der Waals surface area contributed by atoms with E-state index in [1.165, 1.54) is 0 Å². The third-order valence-corrected chi connectivity index (χ3v) is 5.75. The monoisotopic (exact) mass is 341 g/mol. The minimum Gasteiger partial charge on any atom is -0.399 e. The van der Waals surface area contributed by atoms with Crippen LogP contribution in [0.4, 0.5) is 0 Å². The summed E-state index contributed by atoms with van der Waals surface area (Å²) >= 11 is 0. The van der Waals surface area contributed by atoms with Crippen LogP contribution in [0.25, 0.3) is 0 Å². The molecule has 1 aromatic heterocycles. The van der Waals surface area contributed by atoms with Crippen LogP contribution in [0.5, 0.6) is 0 Å². The number of aromatic nitrogens is 3. The van der Waals surface area contributed by atoms with Gasteiger partial charge in [0.15, 0.2) is 11.4 Å². The molecule has 2 aliphatic heterocycles. The van der Waals surface area contributed by atoms with Crippen molar-refractivity contribution >= 4 is 12.6 Å². The molecule has 0 saturated carbocycles. The number of nitrogens with zero attached hydrogens (tertiary/aromatic N) is 3. The molecule has 1 aromatic carbocycles. The molecule has 2 saturated heterocycles. The van der Waals surface area contributed by atoms with Crippen molar-refractivity contribution in [1.29, 1.82) is 0 Å². The van der Waals surface area contributed by atoms with Crippen molar-refractivity contribution in [3.8, 4) is 0 Å². The van der Waals surface area contributed by atoms with Gasteiger partial charge in [0.05, 0.1) is 17.8 Å². The van der Waals surface area contributed by atoms with Gasteiger partial charge in [0.2, 0.25) is 0 Å². The Morgan fingerprint density at radius 2 is 1.80 bits per heavy atom. The molecule has 7 heteroatoms. The number of rotatable bonds is 3. The summed E-state index contributed by atoms with van der Waals surface area (Å²) in [6, 6.07) is 8.24. The lowest BCUT2D eigenvalue weighted by atomic mass is 9.75. The molecular formula is C18H24BN3O3. The first-order valence-corrected chi connectivity index (χ1v) is 8.70. The minimum absolute atomic E-state index is 0.359. The molecule has 2 aromatic rings. The van der Waals surface area contributed by atoms with E-state index in [1.54, 1.807) is 6.33 Å². The van der Waals surface area contributed by atoms with Gasteiger partial charge in [-0.3, -0.25) is 0 Å². The van der Waals surface area contributed by atoms with Crippen LogP contribution in [0.1, 0.15) is 45.5 Å². The molecule has 6 nitrogen and oxygen atoms in total. The molecule has 0 spiro atoms. The fourth-order valence-corrected chi connectivity index (χ4v) is 3.40. The fraction of sp³-hybridized carbons (Fsp3) is 0.556. The van der Waals surface area contributed by atoms with Crippen molar-refractivity contribution in [2.75, 3.05) is 6.61 Å². The Labute approximate surface area is 148 Å². The lowest BCUT2D eigenvalue weighted by Crippen LogP contribution is -2.45. The highest BCUT2D eigenvalue weighted by molar-refractivity contribution is 6.62. The van der Waals surface area contributed by atoms with Gasteiger partial charge >= 0.3 is 7.12 Å². The van der Waals surface area contributed by atoms with Crippen LogP contribution in [0.2, 0.25) is 0 Å². The third-order valence-electron chi connectivity index (χ3n) is 5.75. The molecule has 4 rings (SSSR count). The van der Waals surface area contributed by atoms with Crippen LogP contribution in [0.15, 0.2) is 30.6 Å². The molecule has 1 unspecified atom stereocenters. The topological polar surface area (TPSA) is 58.4 Å². The van der Waals surface area contributed by atoms with E-state index < -0.39 is 5.60 Å². The number of benzene rings is 1. The van der Waals surface area contributed by atoms with E-state index in [2.05, 4.69) is 50.0 Å². The third kappa shape index (κ3) is 2.45. The molecule has 132 valence electrons. The molecular weight excluding hydrogens is 317 g/mol. The molecule has 25 heavy (non-hydrogen) atoms. The van der Waals surface area contributed by atoms with Crippen molar-refractivity contribution < 1.29 is 14.0 Å². The van der Waals surface area contributed by atoms with Crippen LogP contribution in [0.3, 0.4) is 0 Å².